The summed E-state index contributed by atoms with van der Waals surface area (Å²) >= 11 is 18.8. The number of carbonyl (C=O) groups is 1. The molecule has 3 aromatic carbocycles. The average molecular weight is 611 g/mol. The number of ether oxygens (including phenoxy) is 2. The molecule has 0 saturated heterocycles. The Bertz CT molecular complexity index is 1270. The van der Waals surface area contributed by atoms with Crippen LogP contribution in [0.4, 0.5) is 5.69 Å². The molecule has 0 fully saturated rings. The second kappa shape index (κ2) is 11.6. The average Bonchev–Trinajstić information content (AvgIpc) is 2.79. The van der Waals surface area contributed by atoms with E-state index in [1.165, 1.54) is 13.2 Å². The minimum absolute atomic E-state index is 0.0674. The van der Waals surface area contributed by atoms with Crippen molar-refractivity contribution in [3.05, 3.63) is 90.3 Å². The van der Waals surface area contributed by atoms with E-state index in [4.69, 9.17) is 32.7 Å². The van der Waals surface area contributed by atoms with Gasteiger partial charge >= 0.3 is 0 Å². The molecule has 0 atom stereocenters. The number of hydrogen-bond acceptors (Lipinski definition) is 4. The summed E-state index contributed by atoms with van der Waals surface area (Å²) < 4.78 is 12.8. The van der Waals surface area contributed by atoms with Crippen molar-refractivity contribution >= 4 is 72.7 Å². The minimum Gasteiger partial charge on any atom is -0.493 e. The summed E-state index contributed by atoms with van der Waals surface area (Å²) in [6, 6.07) is 17.7. The molecule has 9 heteroatoms. The van der Waals surface area contributed by atoms with Crippen molar-refractivity contribution in [3.8, 4) is 17.6 Å². The monoisotopic (exact) mass is 608 g/mol. The Labute approximate surface area is 218 Å². The Morgan fingerprint density at radius 2 is 1.88 bits per heavy atom. The summed E-state index contributed by atoms with van der Waals surface area (Å²) in [5.74, 6) is 0.389. The van der Waals surface area contributed by atoms with E-state index >= 15 is 0 Å². The van der Waals surface area contributed by atoms with Crippen molar-refractivity contribution in [1.82, 2.24) is 0 Å². The van der Waals surface area contributed by atoms with E-state index in [1.54, 1.807) is 42.5 Å². The molecule has 0 aliphatic rings. The number of carbonyl (C=O) groups excluding carboxylic acids is 1. The molecule has 3 rings (SSSR count). The van der Waals surface area contributed by atoms with Crippen molar-refractivity contribution in [3.63, 3.8) is 0 Å². The molecule has 0 saturated carbocycles. The number of benzene rings is 3. The normalized spacial score (nSPS) is 11.0. The zero-order valence-electron chi connectivity index (χ0n) is 17.2. The van der Waals surface area contributed by atoms with Crippen LogP contribution in [0.3, 0.4) is 0 Å². The van der Waals surface area contributed by atoms with Crippen LogP contribution in [0, 0.1) is 11.3 Å². The number of amides is 1. The number of nitrogens with zero attached hydrogens (tertiary/aromatic N) is 1. The van der Waals surface area contributed by atoms with Crippen LogP contribution in [0.1, 0.15) is 11.1 Å². The van der Waals surface area contributed by atoms with Crippen LogP contribution in [0.15, 0.2) is 69.1 Å². The molecule has 1 N–H and O–H groups in total. The maximum Gasteiger partial charge on any atom is 0.266 e. The van der Waals surface area contributed by atoms with Gasteiger partial charge in [0.1, 0.15) is 18.2 Å². The van der Waals surface area contributed by atoms with Crippen LogP contribution in [0.25, 0.3) is 6.08 Å². The second-order valence-corrected chi connectivity index (χ2v) is 9.28. The molecule has 0 unspecified atom stereocenters. The van der Waals surface area contributed by atoms with Crippen LogP contribution in [-0.4, -0.2) is 13.0 Å². The van der Waals surface area contributed by atoms with Gasteiger partial charge in [0.15, 0.2) is 11.5 Å². The highest BCUT2D eigenvalue weighted by molar-refractivity contribution is 9.10. The van der Waals surface area contributed by atoms with E-state index < -0.39 is 5.91 Å². The lowest BCUT2D eigenvalue weighted by Gasteiger charge is -2.13. The molecule has 3 aromatic rings. The lowest BCUT2D eigenvalue weighted by molar-refractivity contribution is -0.112. The summed E-state index contributed by atoms with van der Waals surface area (Å²) in [7, 11) is 1.51. The number of methoxy groups -OCH3 is 1. The van der Waals surface area contributed by atoms with Crippen LogP contribution >= 0.6 is 55.1 Å². The van der Waals surface area contributed by atoms with Crippen LogP contribution in [0.2, 0.25) is 10.0 Å². The maximum absolute atomic E-state index is 12.6. The van der Waals surface area contributed by atoms with Gasteiger partial charge in [-0.3, -0.25) is 4.79 Å². The number of anilines is 1. The van der Waals surface area contributed by atoms with Gasteiger partial charge in [-0.15, -0.1) is 0 Å². The molecule has 1 amide bonds. The lowest BCUT2D eigenvalue weighted by atomic mass is 10.1. The highest BCUT2D eigenvalue weighted by Crippen LogP contribution is 2.35. The largest absolute Gasteiger partial charge is 0.493 e. The molecule has 0 aliphatic carbocycles. The first kappa shape index (κ1) is 25.1. The van der Waals surface area contributed by atoms with E-state index in [2.05, 4.69) is 37.2 Å². The fourth-order valence-electron chi connectivity index (χ4n) is 2.79. The molecule has 0 bridgehead atoms. The first-order chi connectivity index (χ1) is 15.8. The third-order valence-corrected chi connectivity index (χ3v) is 6.33. The third-order valence-electron chi connectivity index (χ3n) is 4.41. The molecule has 5 nitrogen and oxygen atoms in total. The predicted octanol–water partition coefficient (Wildman–Crippen LogP) is 7.65. The highest BCUT2D eigenvalue weighted by Gasteiger charge is 2.14. The van der Waals surface area contributed by atoms with E-state index in [1.807, 2.05) is 18.2 Å². The highest BCUT2D eigenvalue weighted by atomic mass is 79.9. The van der Waals surface area contributed by atoms with E-state index in [9.17, 15) is 10.1 Å². The molecular weight excluding hydrogens is 595 g/mol. The Morgan fingerprint density at radius 1 is 1.09 bits per heavy atom. The number of nitriles is 1. The second-order valence-electron chi connectivity index (χ2n) is 6.70. The molecule has 33 heavy (non-hydrogen) atoms. The van der Waals surface area contributed by atoms with E-state index in [0.717, 1.165) is 10.0 Å². The summed E-state index contributed by atoms with van der Waals surface area (Å²) in [4.78, 5) is 12.6. The van der Waals surface area contributed by atoms with Crippen molar-refractivity contribution < 1.29 is 14.3 Å². The first-order valence-electron chi connectivity index (χ1n) is 9.43. The van der Waals surface area contributed by atoms with Gasteiger partial charge in [-0.1, -0.05) is 67.2 Å². The Kier molecular flexibility index (Phi) is 8.81. The fourth-order valence-corrected chi connectivity index (χ4v) is 3.95. The SMILES string of the molecule is COc1cc(/C=C(/C#N)C(=O)Nc2cccc(Br)c2)c(Br)cc1OCc1ccc(Cl)c(Cl)c1. The molecule has 0 aliphatic heterocycles. The van der Waals surface area contributed by atoms with Crippen molar-refractivity contribution in [2.24, 2.45) is 0 Å². The fraction of sp³-hybridized carbons (Fsp3) is 0.0833. The first-order valence-corrected chi connectivity index (χ1v) is 11.8. The van der Waals surface area contributed by atoms with E-state index in [-0.39, 0.29) is 12.2 Å². The predicted molar refractivity (Wildman–Crippen MR) is 138 cm³/mol. The van der Waals surface area contributed by atoms with Gasteiger partial charge in [0.05, 0.1) is 17.2 Å². The Morgan fingerprint density at radius 3 is 2.55 bits per heavy atom. The lowest BCUT2D eigenvalue weighted by Crippen LogP contribution is -2.13. The topological polar surface area (TPSA) is 71.3 Å². The van der Waals surface area contributed by atoms with Gasteiger partial charge in [-0.2, -0.15) is 5.26 Å². The zero-order chi connectivity index (χ0) is 24.0. The van der Waals surface area contributed by atoms with Gasteiger partial charge in [-0.05, 0) is 59.7 Å². The molecule has 0 radical (unpaired) electrons. The molecule has 0 heterocycles. The Hall–Kier alpha value is -2.50. The quantitative estimate of drug-likeness (QED) is 0.220. The third kappa shape index (κ3) is 6.75. The number of halogens is 4. The minimum atomic E-state index is -0.526. The van der Waals surface area contributed by atoms with Gasteiger partial charge in [0.2, 0.25) is 0 Å². The molecule has 168 valence electrons. The van der Waals surface area contributed by atoms with Gasteiger partial charge in [0, 0.05) is 14.6 Å². The number of nitrogens with one attached hydrogen (secondary N) is 1. The van der Waals surface area contributed by atoms with Crippen LogP contribution in [-0.2, 0) is 11.4 Å². The molecular formula is C24H16Br2Cl2N2O3. The van der Waals surface area contributed by atoms with E-state index in [0.29, 0.717) is 37.3 Å². The van der Waals surface area contributed by atoms with Crippen molar-refractivity contribution in [2.45, 2.75) is 6.61 Å². The summed E-state index contributed by atoms with van der Waals surface area (Å²) in [5.41, 5.74) is 1.91. The molecule has 0 aromatic heterocycles. The number of hydrogen-bond donors (Lipinski definition) is 1. The maximum atomic E-state index is 12.6. The van der Waals surface area contributed by atoms with Gasteiger partial charge in [0.25, 0.3) is 5.91 Å². The van der Waals surface area contributed by atoms with Crippen molar-refractivity contribution in [1.29, 1.82) is 5.26 Å². The molecule has 0 spiro atoms. The standard InChI is InChI=1S/C24H16Br2Cl2N2O3/c1-32-22-9-15(8-16(12-29)24(31)30-18-4-2-3-17(25)10-18)19(26)11-23(22)33-13-14-5-6-20(27)21(28)7-14/h2-11H,13H2,1H3,(H,30,31)/b16-8-. The van der Waals surface area contributed by atoms with Gasteiger partial charge in [-0.25, -0.2) is 0 Å². The summed E-state index contributed by atoms with van der Waals surface area (Å²) in [5, 5.41) is 13.2. The zero-order valence-corrected chi connectivity index (χ0v) is 21.8. The smallest absolute Gasteiger partial charge is 0.266 e. The summed E-state index contributed by atoms with van der Waals surface area (Å²) in [6.45, 7) is 0.243. The van der Waals surface area contributed by atoms with Crippen LogP contribution in [0.5, 0.6) is 11.5 Å². The van der Waals surface area contributed by atoms with Gasteiger partial charge < -0.3 is 14.8 Å². The van der Waals surface area contributed by atoms with Crippen LogP contribution < -0.4 is 14.8 Å². The van der Waals surface area contributed by atoms with Crippen molar-refractivity contribution in [2.75, 3.05) is 12.4 Å². The Balaban J connectivity index is 1.82. The summed E-state index contributed by atoms with van der Waals surface area (Å²) in [6.07, 6.45) is 1.47. The number of rotatable bonds is 7.